The Bertz CT molecular complexity index is 532. The molecule has 2 aromatic rings. The fraction of sp³-hybridized carbons (Fsp3) is 0. The summed E-state index contributed by atoms with van der Waals surface area (Å²) in [6, 6.07) is 4.70. The molecule has 0 atom stereocenters. The third-order valence-corrected chi connectivity index (χ3v) is 1.92. The molecule has 1 aromatic heterocycles. The summed E-state index contributed by atoms with van der Waals surface area (Å²) in [5, 5.41) is 11.7. The molecule has 0 bridgehead atoms. The van der Waals surface area contributed by atoms with Crippen molar-refractivity contribution in [1.82, 2.24) is 4.98 Å². The smallest absolute Gasteiger partial charge is 1.00 e. The third-order valence-electron chi connectivity index (χ3n) is 1.69. The number of H-pyrrole nitrogens is 1. The van der Waals surface area contributed by atoms with Gasteiger partial charge in [0.15, 0.2) is 0 Å². The zero-order chi connectivity index (χ0) is 9.42. The number of rotatable bonds is 0. The topological polar surface area (TPSA) is 59.8 Å². The van der Waals surface area contributed by atoms with Crippen molar-refractivity contribution in [3.8, 4) is 0 Å². The molecular weight excluding hydrogens is 215 g/mol. The van der Waals surface area contributed by atoms with Crippen molar-refractivity contribution in [1.29, 1.82) is 0 Å². The minimum Gasteiger partial charge on any atom is -1.00 e. The van der Waals surface area contributed by atoms with Gasteiger partial charge in [-0.1, -0.05) is 11.6 Å². The number of halogens is 1. The van der Waals surface area contributed by atoms with E-state index in [0.29, 0.717) is 20.8 Å². The summed E-state index contributed by atoms with van der Waals surface area (Å²) in [5.41, 5.74) is 0.406. The van der Waals surface area contributed by atoms with Crippen molar-refractivity contribution in [2.24, 2.45) is 0 Å². The summed E-state index contributed by atoms with van der Waals surface area (Å²) in [6.07, 6.45) is 0.929. The van der Waals surface area contributed by atoms with Crippen molar-refractivity contribution >= 4 is 22.6 Å². The fourth-order valence-corrected chi connectivity index (χ4v) is 1.30. The van der Waals surface area contributed by atoms with Crippen LogP contribution in [0.3, 0.4) is 0 Å². The Morgan fingerprint density at radius 3 is 2.93 bits per heavy atom. The van der Waals surface area contributed by atoms with E-state index in [9.17, 15) is 10.0 Å². The molecule has 0 radical (unpaired) electrons. The van der Waals surface area contributed by atoms with Crippen LogP contribution in [0.5, 0.6) is 0 Å². The van der Waals surface area contributed by atoms with Crippen LogP contribution in [0.4, 0.5) is 0 Å². The molecule has 0 aliphatic heterocycles. The summed E-state index contributed by atoms with van der Waals surface area (Å²) in [6.45, 7) is 0. The number of nitrogens with zero attached hydrogens (tertiary/aromatic N) is 1. The Hall–Kier alpha value is -0.550. The fourth-order valence-electron chi connectivity index (χ4n) is 1.13. The molecule has 0 spiro atoms. The van der Waals surface area contributed by atoms with Gasteiger partial charge in [0, 0.05) is 11.1 Å². The largest absolute Gasteiger partial charge is 1.00 e. The SMILES string of the molecule is O=c1c[n+]([O-])c2cc(Cl)ccc2[nH]1.[H-].[Na+]. The van der Waals surface area contributed by atoms with Crippen molar-refractivity contribution in [2.75, 3.05) is 0 Å². The van der Waals surface area contributed by atoms with Crippen LogP contribution >= 0.6 is 11.6 Å². The minimum atomic E-state index is -0.426. The molecule has 0 aliphatic rings. The molecule has 0 unspecified atom stereocenters. The van der Waals surface area contributed by atoms with E-state index in [-0.39, 0.29) is 31.0 Å². The van der Waals surface area contributed by atoms with Crippen molar-refractivity contribution in [3.05, 3.63) is 45.0 Å². The van der Waals surface area contributed by atoms with Crippen molar-refractivity contribution in [3.63, 3.8) is 0 Å². The van der Waals surface area contributed by atoms with Crippen LogP contribution in [0.15, 0.2) is 29.2 Å². The number of nitrogens with one attached hydrogen (secondary N) is 1. The summed E-state index contributed by atoms with van der Waals surface area (Å²) in [4.78, 5) is 13.4. The van der Waals surface area contributed by atoms with Crippen LogP contribution in [0.2, 0.25) is 5.02 Å². The van der Waals surface area contributed by atoms with E-state index in [1.807, 2.05) is 0 Å². The van der Waals surface area contributed by atoms with Crippen LogP contribution in [-0.2, 0) is 0 Å². The van der Waals surface area contributed by atoms with E-state index < -0.39 is 5.56 Å². The maximum atomic E-state index is 11.2. The van der Waals surface area contributed by atoms with Crippen LogP contribution in [-0.4, -0.2) is 4.98 Å². The standard InChI is InChI=1S/C8H5ClN2O2.Na.H/c9-5-1-2-6-7(3-5)11(13)4-8(12)10-6;;/h1-4H,(H,10,12);;/q;+1;-1. The molecule has 4 nitrogen and oxygen atoms in total. The average molecular weight is 221 g/mol. The zero-order valence-corrected chi connectivity index (χ0v) is 10.2. The van der Waals surface area contributed by atoms with Gasteiger partial charge in [-0.3, -0.25) is 4.79 Å². The Labute approximate surface area is 108 Å². The van der Waals surface area contributed by atoms with E-state index in [1.54, 1.807) is 12.1 Å². The minimum absolute atomic E-state index is 0. The number of aromatic nitrogens is 2. The van der Waals surface area contributed by atoms with Gasteiger partial charge in [0.25, 0.3) is 0 Å². The van der Waals surface area contributed by atoms with E-state index in [4.69, 9.17) is 11.6 Å². The number of aromatic amines is 1. The van der Waals surface area contributed by atoms with Gasteiger partial charge in [-0.05, 0) is 12.1 Å². The first-order chi connectivity index (χ1) is 6.16. The van der Waals surface area contributed by atoms with Gasteiger partial charge in [-0.2, -0.15) is 4.73 Å². The van der Waals surface area contributed by atoms with Crippen LogP contribution in [0.25, 0.3) is 11.0 Å². The first-order valence-corrected chi connectivity index (χ1v) is 3.96. The first-order valence-electron chi connectivity index (χ1n) is 3.58. The maximum absolute atomic E-state index is 11.2. The monoisotopic (exact) mass is 220 g/mol. The molecule has 0 fully saturated rings. The van der Waals surface area contributed by atoms with Gasteiger partial charge < -0.3 is 11.6 Å². The summed E-state index contributed by atoms with van der Waals surface area (Å²) in [5.74, 6) is 0. The second-order valence-electron chi connectivity index (χ2n) is 2.61. The van der Waals surface area contributed by atoms with E-state index >= 15 is 0 Å². The normalized spacial score (nSPS) is 9.79. The Morgan fingerprint density at radius 2 is 2.21 bits per heavy atom. The van der Waals surface area contributed by atoms with Gasteiger partial charge in [-0.15, -0.1) is 0 Å². The second-order valence-corrected chi connectivity index (χ2v) is 3.04. The first kappa shape index (κ1) is 11.5. The molecular formula is C8H6ClN2NaO2. The molecule has 0 saturated heterocycles. The van der Waals surface area contributed by atoms with Gasteiger partial charge in [0.1, 0.15) is 5.52 Å². The number of hydrogen-bond donors (Lipinski definition) is 1. The van der Waals surface area contributed by atoms with Gasteiger partial charge in [0.05, 0.1) is 0 Å². The molecule has 0 aliphatic carbocycles. The van der Waals surface area contributed by atoms with E-state index in [2.05, 4.69) is 4.98 Å². The Morgan fingerprint density at radius 1 is 1.50 bits per heavy atom. The van der Waals surface area contributed by atoms with Gasteiger partial charge in [-0.25, -0.2) is 0 Å². The second kappa shape index (κ2) is 4.31. The Balaban J connectivity index is 0.000000980. The average Bonchev–Trinajstić information content (AvgIpc) is 2.06. The maximum Gasteiger partial charge on any atom is 1.00 e. The summed E-state index contributed by atoms with van der Waals surface area (Å²) < 4.78 is 0.500. The van der Waals surface area contributed by atoms with Crippen LogP contribution < -0.4 is 39.8 Å². The molecule has 68 valence electrons. The number of hydrogen-bond acceptors (Lipinski definition) is 2. The zero-order valence-electron chi connectivity index (χ0n) is 8.45. The van der Waals surface area contributed by atoms with E-state index in [1.165, 1.54) is 6.07 Å². The molecule has 1 heterocycles. The third kappa shape index (κ3) is 2.09. The molecule has 1 aromatic carbocycles. The summed E-state index contributed by atoms with van der Waals surface area (Å²) >= 11 is 5.69. The van der Waals surface area contributed by atoms with Crippen LogP contribution in [0, 0.1) is 5.21 Å². The van der Waals surface area contributed by atoms with Crippen molar-refractivity contribution < 1.29 is 35.7 Å². The van der Waals surface area contributed by atoms with E-state index in [0.717, 1.165) is 6.20 Å². The van der Waals surface area contributed by atoms with Gasteiger partial charge >= 0.3 is 35.1 Å². The molecule has 0 amide bonds. The molecule has 6 heteroatoms. The Kier molecular flexibility index (Phi) is 3.55. The predicted octanol–water partition coefficient (Wildman–Crippen LogP) is -2.07. The van der Waals surface area contributed by atoms with Crippen molar-refractivity contribution in [2.45, 2.75) is 0 Å². The molecule has 14 heavy (non-hydrogen) atoms. The predicted molar refractivity (Wildman–Crippen MR) is 49.7 cm³/mol. The van der Waals surface area contributed by atoms with Gasteiger partial charge in [0.2, 0.25) is 11.7 Å². The number of benzene rings is 1. The number of fused-ring (bicyclic) bond motifs is 1. The molecule has 1 N–H and O–H groups in total. The quantitative estimate of drug-likeness (QED) is 0.315. The molecule has 0 saturated carbocycles. The molecule has 2 rings (SSSR count). The van der Waals surface area contributed by atoms with Crippen LogP contribution in [0.1, 0.15) is 1.43 Å². The summed E-state index contributed by atoms with van der Waals surface area (Å²) in [7, 11) is 0.